The Hall–Kier alpha value is -0.990. The van der Waals surface area contributed by atoms with Crippen LogP contribution in [0.4, 0.5) is 4.79 Å². The lowest BCUT2D eigenvalue weighted by Gasteiger charge is -2.58. The van der Waals surface area contributed by atoms with Gasteiger partial charge >= 0.3 is 6.16 Å². The van der Waals surface area contributed by atoms with Gasteiger partial charge < -0.3 is 9.47 Å². The normalized spacial score (nSPS) is 34.9. The number of ether oxygens (including phenoxy) is 2. The van der Waals surface area contributed by atoms with E-state index < -0.39 is 6.16 Å². The average Bonchev–Trinajstić information content (AvgIpc) is 3.28. The largest absolute Gasteiger partial charge is 0.508 e. The molecule has 0 N–H and O–H groups in total. The Balaban J connectivity index is 1.22. The van der Waals surface area contributed by atoms with Crippen molar-refractivity contribution in [3.8, 4) is 0 Å². The van der Waals surface area contributed by atoms with Crippen molar-refractivity contribution in [3.63, 3.8) is 0 Å². The summed E-state index contributed by atoms with van der Waals surface area (Å²) in [7, 11) is 0. The van der Waals surface area contributed by atoms with Crippen molar-refractivity contribution in [3.05, 3.63) is 11.6 Å². The zero-order valence-corrected chi connectivity index (χ0v) is 27.0. The molecular formula is C37H64O3. The van der Waals surface area contributed by atoms with E-state index in [0.717, 1.165) is 49.4 Å². The molecule has 0 amide bonds. The van der Waals surface area contributed by atoms with E-state index in [1.165, 1.54) is 116 Å². The summed E-state index contributed by atoms with van der Waals surface area (Å²) < 4.78 is 11.3. The summed E-state index contributed by atoms with van der Waals surface area (Å²) >= 11 is 0. The highest BCUT2D eigenvalue weighted by Crippen LogP contribution is 2.66. The van der Waals surface area contributed by atoms with E-state index in [-0.39, 0.29) is 6.10 Å². The Morgan fingerprint density at radius 2 is 1.48 bits per heavy atom. The number of carbonyl (C=O) groups excluding carboxylic acids is 1. The van der Waals surface area contributed by atoms with Crippen molar-refractivity contribution >= 4 is 6.16 Å². The van der Waals surface area contributed by atoms with Crippen LogP contribution in [0.1, 0.15) is 169 Å². The van der Waals surface area contributed by atoms with Gasteiger partial charge in [-0.2, -0.15) is 0 Å². The molecule has 0 aromatic rings. The van der Waals surface area contributed by atoms with Crippen molar-refractivity contribution in [2.45, 2.75) is 175 Å². The van der Waals surface area contributed by atoms with Crippen LogP contribution in [0.25, 0.3) is 0 Å². The molecular weight excluding hydrogens is 492 g/mol. The van der Waals surface area contributed by atoms with E-state index in [1.54, 1.807) is 5.57 Å². The molecule has 3 heteroatoms. The predicted octanol–water partition coefficient (Wildman–Crippen LogP) is 11.6. The third-order valence-corrected chi connectivity index (χ3v) is 12.4. The molecule has 0 spiro atoms. The molecule has 4 rings (SSSR count). The van der Waals surface area contributed by atoms with Crippen LogP contribution in [0.15, 0.2) is 11.6 Å². The number of hydrogen-bond donors (Lipinski definition) is 0. The van der Waals surface area contributed by atoms with E-state index in [9.17, 15) is 4.79 Å². The van der Waals surface area contributed by atoms with Gasteiger partial charge in [0.05, 0.1) is 6.61 Å². The lowest BCUT2D eigenvalue weighted by Crippen LogP contribution is -2.50. The second-order valence-corrected chi connectivity index (χ2v) is 14.8. The number of carbonyl (C=O) groups is 1. The Kier molecular flexibility index (Phi) is 12.4. The topological polar surface area (TPSA) is 35.5 Å². The first kappa shape index (κ1) is 31.9. The molecule has 0 aliphatic heterocycles. The molecule has 3 saturated carbocycles. The van der Waals surface area contributed by atoms with Gasteiger partial charge in [0.25, 0.3) is 0 Å². The van der Waals surface area contributed by atoms with Crippen molar-refractivity contribution in [2.24, 2.45) is 34.5 Å². The Bertz CT molecular complexity index is 803. The number of hydrogen-bond acceptors (Lipinski definition) is 3. The molecule has 0 bridgehead atoms. The van der Waals surface area contributed by atoms with Crippen LogP contribution in [-0.2, 0) is 9.47 Å². The smallest absolute Gasteiger partial charge is 0.434 e. The Morgan fingerprint density at radius 1 is 0.800 bits per heavy atom. The minimum Gasteiger partial charge on any atom is -0.434 e. The third kappa shape index (κ3) is 7.69. The fraction of sp³-hybridized carbons (Fsp3) is 0.919. The van der Waals surface area contributed by atoms with Crippen LogP contribution < -0.4 is 0 Å². The fourth-order valence-corrected chi connectivity index (χ4v) is 9.87. The number of fused-ring (bicyclic) bond motifs is 5. The summed E-state index contributed by atoms with van der Waals surface area (Å²) in [6, 6.07) is 0. The predicted molar refractivity (Wildman–Crippen MR) is 167 cm³/mol. The van der Waals surface area contributed by atoms with Gasteiger partial charge in [-0.15, -0.1) is 0 Å². The maximum atomic E-state index is 12.4. The zero-order chi connectivity index (χ0) is 28.4. The van der Waals surface area contributed by atoms with E-state index in [1.807, 2.05) is 0 Å². The molecule has 7 atom stereocenters. The molecule has 0 radical (unpaired) electrons. The van der Waals surface area contributed by atoms with Crippen LogP contribution in [-0.4, -0.2) is 18.9 Å². The molecule has 3 fully saturated rings. The summed E-state index contributed by atoms with van der Waals surface area (Å²) in [5.41, 5.74) is 2.48. The molecule has 0 aromatic heterocycles. The van der Waals surface area contributed by atoms with E-state index in [2.05, 4.69) is 33.8 Å². The molecule has 0 unspecified atom stereocenters. The minimum atomic E-state index is -0.440. The Labute approximate surface area is 248 Å². The SMILES string of the molecule is CCCCCCCCCOC(=O)O[C@H]1CC[C@@]2(C)C(=CC[C@H]3[C@H]4CC[C@H](CCCCCCCC)[C@@]4(C)CC[C@@H]32)C1. The summed E-state index contributed by atoms with van der Waals surface area (Å²) in [6.07, 6.45) is 30.9. The monoisotopic (exact) mass is 556 g/mol. The summed E-state index contributed by atoms with van der Waals surface area (Å²) in [6.45, 7) is 10.3. The summed E-state index contributed by atoms with van der Waals surface area (Å²) in [4.78, 5) is 12.4. The van der Waals surface area contributed by atoms with Crippen LogP contribution in [0.3, 0.4) is 0 Å². The zero-order valence-electron chi connectivity index (χ0n) is 27.0. The van der Waals surface area contributed by atoms with E-state index in [0.29, 0.717) is 17.4 Å². The molecule has 230 valence electrons. The Morgan fingerprint density at radius 3 is 2.20 bits per heavy atom. The lowest BCUT2D eigenvalue weighted by atomic mass is 9.47. The highest BCUT2D eigenvalue weighted by molar-refractivity contribution is 5.60. The maximum absolute atomic E-state index is 12.4. The van der Waals surface area contributed by atoms with Gasteiger partial charge in [0.1, 0.15) is 6.10 Å². The fourth-order valence-electron chi connectivity index (χ4n) is 9.87. The molecule has 4 aliphatic carbocycles. The third-order valence-electron chi connectivity index (χ3n) is 12.4. The van der Waals surface area contributed by atoms with Crippen molar-refractivity contribution < 1.29 is 14.3 Å². The van der Waals surface area contributed by atoms with Crippen molar-refractivity contribution in [1.29, 1.82) is 0 Å². The summed E-state index contributed by atoms with van der Waals surface area (Å²) in [5.74, 6) is 3.57. The first-order valence-corrected chi connectivity index (χ1v) is 17.9. The summed E-state index contributed by atoms with van der Waals surface area (Å²) in [5, 5.41) is 0. The van der Waals surface area contributed by atoms with Crippen LogP contribution in [0.5, 0.6) is 0 Å². The highest BCUT2D eigenvalue weighted by atomic mass is 16.7. The van der Waals surface area contributed by atoms with Gasteiger partial charge in [-0.3, -0.25) is 0 Å². The molecule has 40 heavy (non-hydrogen) atoms. The van der Waals surface area contributed by atoms with Crippen LogP contribution >= 0.6 is 0 Å². The molecule has 0 saturated heterocycles. The van der Waals surface area contributed by atoms with Gasteiger partial charge in [0.15, 0.2) is 0 Å². The maximum Gasteiger partial charge on any atom is 0.508 e. The van der Waals surface area contributed by atoms with Gasteiger partial charge in [-0.1, -0.05) is 116 Å². The van der Waals surface area contributed by atoms with E-state index in [4.69, 9.17) is 9.47 Å². The van der Waals surface area contributed by atoms with Gasteiger partial charge in [-0.25, -0.2) is 4.79 Å². The highest BCUT2D eigenvalue weighted by Gasteiger charge is 2.58. The number of allylic oxidation sites excluding steroid dienone is 1. The number of unbranched alkanes of at least 4 members (excludes halogenated alkanes) is 11. The molecule has 4 aliphatic rings. The second-order valence-electron chi connectivity index (χ2n) is 14.8. The van der Waals surface area contributed by atoms with E-state index >= 15 is 0 Å². The van der Waals surface area contributed by atoms with Crippen LogP contribution in [0.2, 0.25) is 0 Å². The first-order valence-electron chi connectivity index (χ1n) is 17.9. The quantitative estimate of drug-likeness (QED) is 0.108. The van der Waals surface area contributed by atoms with Crippen LogP contribution in [0, 0.1) is 34.5 Å². The lowest BCUT2D eigenvalue weighted by molar-refractivity contribution is -0.0563. The molecule has 0 heterocycles. The number of rotatable bonds is 16. The van der Waals surface area contributed by atoms with Gasteiger partial charge in [0, 0.05) is 6.42 Å². The molecule has 3 nitrogen and oxygen atoms in total. The first-order chi connectivity index (χ1) is 19.4. The standard InChI is InChI=1S/C37H64O3/c1-5-7-9-11-13-15-17-27-39-35(38)40-31-23-25-37(4)30(28-31)19-21-32-33-22-20-29(18-16-14-12-10-8-6-2)36(33,3)26-24-34(32)37/h19,29,31-34H,5-18,20-28H2,1-4H3/t29-,31-,32-,33+,34-,36+,37-/m0/s1. The van der Waals surface area contributed by atoms with Crippen molar-refractivity contribution in [2.75, 3.05) is 6.61 Å². The van der Waals surface area contributed by atoms with Gasteiger partial charge in [0.2, 0.25) is 0 Å². The molecule has 0 aromatic carbocycles. The minimum absolute atomic E-state index is 0.000498. The van der Waals surface area contributed by atoms with Gasteiger partial charge in [-0.05, 0) is 92.3 Å². The van der Waals surface area contributed by atoms with Crippen molar-refractivity contribution in [1.82, 2.24) is 0 Å². The second kappa shape index (κ2) is 15.5. The average molecular weight is 557 g/mol.